The Morgan fingerprint density at radius 3 is 2.75 bits per heavy atom. The SMILES string of the molecule is C[C@@H]1CN(CCc2ccccc2[N+](=O)[O-])C[C@H]1C(=O)O. The molecule has 20 heavy (non-hydrogen) atoms. The Morgan fingerprint density at radius 2 is 2.15 bits per heavy atom. The van der Waals surface area contributed by atoms with Crippen molar-refractivity contribution in [2.45, 2.75) is 13.3 Å². The van der Waals surface area contributed by atoms with Gasteiger partial charge in [-0.05, 0) is 12.3 Å². The smallest absolute Gasteiger partial charge is 0.308 e. The fraction of sp³-hybridized carbons (Fsp3) is 0.500. The lowest BCUT2D eigenvalue weighted by Gasteiger charge is -2.14. The van der Waals surface area contributed by atoms with Gasteiger partial charge in [-0.2, -0.15) is 0 Å². The minimum atomic E-state index is -0.759. The highest BCUT2D eigenvalue weighted by Gasteiger charge is 2.34. The van der Waals surface area contributed by atoms with E-state index in [1.807, 2.05) is 6.92 Å². The Labute approximate surface area is 117 Å². The Balaban J connectivity index is 1.97. The summed E-state index contributed by atoms with van der Waals surface area (Å²) in [5.74, 6) is -0.968. The fourth-order valence-electron chi connectivity index (χ4n) is 2.75. The van der Waals surface area contributed by atoms with E-state index in [1.54, 1.807) is 18.2 Å². The third-order valence-electron chi connectivity index (χ3n) is 3.89. The molecular formula is C14H18N2O4. The van der Waals surface area contributed by atoms with E-state index in [-0.39, 0.29) is 22.4 Å². The number of rotatable bonds is 5. The van der Waals surface area contributed by atoms with Crippen LogP contribution in [0.4, 0.5) is 5.69 Å². The lowest BCUT2D eigenvalue weighted by molar-refractivity contribution is -0.385. The van der Waals surface area contributed by atoms with Crippen LogP contribution in [0.1, 0.15) is 12.5 Å². The van der Waals surface area contributed by atoms with Gasteiger partial charge in [-0.1, -0.05) is 25.1 Å². The predicted molar refractivity (Wildman–Crippen MR) is 73.5 cm³/mol. The first-order valence-electron chi connectivity index (χ1n) is 6.66. The number of para-hydroxylation sites is 1. The number of likely N-dealkylation sites (tertiary alicyclic amines) is 1. The maximum Gasteiger partial charge on any atom is 0.308 e. The Morgan fingerprint density at radius 1 is 1.45 bits per heavy atom. The van der Waals surface area contributed by atoms with Gasteiger partial charge in [0.1, 0.15) is 0 Å². The first-order chi connectivity index (χ1) is 9.49. The normalized spacial score (nSPS) is 22.9. The number of hydrogen-bond acceptors (Lipinski definition) is 4. The molecule has 1 aliphatic heterocycles. The van der Waals surface area contributed by atoms with Gasteiger partial charge in [-0.15, -0.1) is 0 Å². The first kappa shape index (κ1) is 14.5. The molecular weight excluding hydrogens is 260 g/mol. The summed E-state index contributed by atoms with van der Waals surface area (Å²) in [4.78, 5) is 23.7. The molecule has 1 aromatic carbocycles. The molecule has 1 aromatic rings. The summed E-state index contributed by atoms with van der Waals surface area (Å²) in [5, 5.41) is 20.0. The van der Waals surface area contributed by atoms with Crippen molar-refractivity contribution in [3.63, 3.8) is 0 Å². The van der Waals surface area contributed by atoms with Crippen molar-refractivity contribution in [1.29, 1.82) is 0 Å². The topological polar surface area (TPSA) is 83.7 Å². The third kappa shape index (κ3) is 3.14. The summed E-state index contributed by atoms with van der Waals surface area (Å²) in [6.07, 6.45) is 0.566. The van der Waals surface area contributed by atoms with E-state index in [0.717, 1.165) is 6.54 Å². The number of benzene rings is 1. The molecule has 0 saturated carbocycles. The summed E-state index contributed by atoms with van der Waals surface area (Å²) in [5.41, 5.74) is 0.832. The molecule has 0 bridgehead atoms. The van der Waals surface area contributed by atoms with Gasteiger partial charge >= 0.3 is 5.97 Å². The Bertz CT molecular complexity index is 518. The van der Waals surface area contributed by atoms with Crippen LogP contribution in [-0.2, 0) is 11.2 Å². The molecule has 1 aliphatic rings. The number of nitro groups is 1. The van der Waals surface area contributed by atoms with Crippen LogP contribution in [0.25, 0.3) is 0 Å². The average Bonchev–Trinajstić information content (AvgIpc) is 2.78. The van der Waals surface area contributed by atoms with Crippen molar-refractivity contribution in [1.82, 2.24) is 4.90 Å². The summed E-state index contributed by atoms with van der Waals surface area (Å²) in [7, 11) is 0. The van der Waals surface area contributed by atoms with E-state index in [2.05, 4.69) is 4.90 Å². The van der Waals surface area contributed by atoms with Gasteiger partial charge in [0.15, 0.2) is 0 Å². The van der Waals surface area contributed by atoms with Gasteiger partial charge in [-0.25, -0.2) is 0 Å². The number of hydrogen-bond donors (Lipinski definition) is 1. The van der Waals surface area contributed by atoms with Gasteiger partial charge in [0, 0.05) is 31.3 Å². The van der Waals surface area contributed by atoms with Crippen molar-refractivity contribution >= 4 is 11.7 Å². The molecule has 108 valence electrons. The second-order valence-electron chi connectivity index (χ2n) is 5.32. The molecule has 1 fully saturated rings. The summed E-state index contributed by atoms with van der Waals surface area (Å²) in [6, 6.07) is 6.70. The lowest BCUT2D eigenvalue weighted by Crippen LogP contribution is -2.25. The quantitative estimate of drug-likeness (QED) is 0.655. The van der Waals surface area contributed by atoms with E-state index >= 15 is 0 Å². The van der Waals surface area contributed by atoms with Gasteiger partial charge in [0.2, 0.25) is 0 Å². The Kier molecular flexibility index (Phi) is 4.34. The van der Waals surface area contributed by atoms with Crippen LogP contribution in [0.15, 0.2) is 24.3 Å². The van der Waals surface area contributed by atoms with Gasteiger partial charge in [0.25, 0.3) is 5.69 Å². The molecule has 1 saturated heterocycles. The number of nitrogens with zero attached hydrogens (tertiary/aromatic N) is 2. The first-order valence-corrected chi connectivity index (χ1v) is 6.66. The van der Waals surface area contributed by atoms with E-state index in [1.165, 1.54) is 6.07 Å². The molecule has 0 amide bonds. The maximum absolute atomic E-state index is 11.1. The zero-order valence-corrected chi connectivity index (χ0v) is 11.4. The number of carboxylic acids is 1. The van der Waals surface area contributed by atoms with Crippen molar-refractivity contribution in [2.75, 3.05) is 19.6 Å². The maximum atomic E-state index is 11.1. The molecule has 1 N–H and O–H groups in total. The molecule has 0 unspecified atom stereocenters. The van der Waals surface area contributed by atoms with Gasteiger partial charge < -0.3 is 10.0 Å². The highest BCUT2D eigenvalue weighted by molar-refractivity contribution is 5.71. The highest BCUT2D eigenvalue weighted by atomic mass is 16.6. The van der Waals surface area contributed by atoms with Crippen LogP contribution in [0.3, 0.4) is 0 Å². The molecule has 0 radical (unpaired) electrons. The van der Waals surface area contributed by atoms with Crippen LogP contribution in [-0.4, -0.2) is 40.5 Å². The standard InChI is InChI=1S/C14H18N2O4/c1-10-8-15(9-12(10)14(17)18)7-6-11-4-2-3-5-13(11)16(19)20/h2-5,10,12H,6-9H2,1H3,(H,17,18)/t10-,12-/m1/s1. The molecule has 2 atom stereocenters. The van der Waals surface area contributed by atoms with Crippen molar-refractivity contribution in [3.05, 3.63) is 39.9 Å². The van der Waals surface area contributed by atoms with E-state index < -0.39 is 5.97 Å². The monoisotopic (exact) mass is 278 g/mol. The van der Waals surface area contributed by atoms with Crippen LogP contribution in [0.2, 0.25) is 0 Å². The van der Waals surface area contributed by atoms with Crippen LogP contribution in [0, 0.1) is 22.0 Å². The average molecular weight is 278 g/mol. The summed E-state index contributed by atoms with van der Waals surface area (Å²) >= 11 is 0. The van der Waals surface area contributed by atoms with Gasteiger partial charge in [0.05, 0.1) is 10.8 Å². The molecule has 1 heterocycles. The van der Waals surface area contributed by atoms with Crippen LogP contribution < -0.4 is 0 Å². The second kappa shape index (κ2) is 6.00. The number of carboxylic acid groups (broad SMARTS) is 1. The van der Waals surface area contributed by atoms with E-state index in [9.17, 15) is 14.9 Å². The largest absolute Gasteiger partial charge is 0.481 e. The molecule has 6 nitrogen and oxygen atoms in total. The molecule has 0 spiro atoms. The number of carbonyl (C=O) groups is 1. The molecule has 6 heteroatoms. The second-order valence-corrected chi connectivity index (χ2v) is 5.32. The summed E-state index contributed by atoms with van der Waals surface area (Å²) in [6.45, 7) is 3.84. The van der Waals surface area contributed by atoms with Crippen LogP contribution >= 0.6 is 0 Å². The van der Waals surface area contributed by atoms with E-state index in [0.29, 0.717) is 25.1 Å². The minimum absolute atomic E-state index is 0.123. The summed E-state index contributed by atoms with van der Waals surface area (Å²) < 4.78 is 0. The fourth-order valence-corrected chi connectivity index (χ4v) is 2.75. The molecule has 2 rings (SSSR count). The molecule has 0 aliphatic carbocycles. The third-order valence-corrected chi connectivity index (χ3v) is 3.89. The van der Waals surface area contributed by atoms with Crippen molar-refractivity contribution < 1.29 is 14.8 Å². The van der Waals surface area contributed by atoms with Crippen LogP contribution in [0.5, 0.6) is 0 Å². The van der Waals surface area contributed by atoms with Gasteiger partial charge in [-0.3, -0.25) is 14.9 Å². The van der Waals surface area contributed by atoms with Crippen molar-refractivity contribution in [2.24, 2.45) is 11.8 Å². The number of nitro benzene ring substituents is 1. The highest BCUT2D eigenvalue weighted by Crippen LogP contribution is 2.24. The lowest BCUT2D eigenvalue weighted by atomic mass is 9.99. The minimum Gasteiger partial charge on any atom is -0.481 e. The molecule has 0 aromatic heterocycles. The van der Waals surface area contributed by atoms with Crippen molar-refractivity contribution in [3.8, 4) is 0 Å². The van der Waals surface area contributed by atoms with E-state index in [4.69, 9.17) is 5.11 Å². The zero-order valence-electron chi connectivity index (χ0n) is 11.4. The number of aliphatic carboxylic acids is 1. The Hall–Kier alpha value is -1.95. The predicted octanol–water partition coefficient (Wildman–Crippen LogP) is 1.79. The zero-order chi connectivity index (χ0) is 14.7.